The average molecular weight is 250 g/mol. The molecular weight excluding hydrogens is 237 g/mol. The molecule has 0 aromatic carbocycles. The Morgan fingerprint density at radius 1 is 1.44 bits per heavy atom. The van der Waals surface area contributed by atoms with Crippen molar-refractivity contribution in [2.24, 2.45) is 5.73 Å². The van der Waals surface area contributed by atoms with Crippen LogP contribution in [0.2, 0.25) is 0 Å². The minimum atomic E-state index is -4.22. The predicted octanol–water partition coefficient (Wildman–Crippen LogP) is 2.30. The summed E-state index contributed by atoms with van der Waals surface area (Å²) >= 11 is 0.820. The Morgan fingerprint density at radius 2 is 2.19 bits per heavy atom. The van der Waals surface area contributed by atoms with Gasteiger partial charge in [0.05, 0.1) is 0 Å². The van der Waals surface area contributed by atoms with Crippen LogP contribution in [0.4, 0.5) is 13.2 Å². The first-order chi connectivity index (χ1) is 7.45. The quantitative estimate of drug-likeness (QED) is 0.872. The van der Waals surface area contributed by atoms with Gasteiger partial charge in [-0.1, -0.05) is 0 Å². The van der Waals surface area contributed by atoms with Crippen LogP contribution in [-0.4, -0.2) is 24.0 Å². The lowest BCUT2D eigenvalue weighted by Crippen LogP contribution is -2.25. The fraction of sp³-hybridized carbons (Fsp3) is 0.600. The maximum absolute atomic E-state index is 12.4. The summed E-state index contributed by atoms with van der Waals surface area (Å²) in [6, 6.07) is 2.87. The molecule has 0 aliphatic carbocycles. The van der Waals surface area contributed by atoms with Crippen molar-refractivity contribution in [3.8, 4) is 0 Å². The summed E-state index contributed by atoms with van der Waals surface area (Å²) in [6.45, 7) is 2.23. The van der Waals surface area contributed by atoms with Gasteiger partial charge >= 0.3 is 6.18 Å². The van der Waals surface area contributed by atoms with Gasteiger partial charge in [0, 0.05) is 30.6 Å². The van der Waals surface area contributed by atoms with Crippen LogP contribution in [0.1, 0.15) is 16.2 Å². The van der Waals surface area contributed by atoms with Gasteiger partial charge in [-0.25, -0.2) is 0 Å². The highest BCUT2D eigenvalue weighted by molar-refractivity contribution is 7.12. The Labute approximate surface area is 95.9 Å². The number of hydrogen-bond acceptors (Lipinski definition) is 3. The summed E-state index contributed by atoms with van der Waals surface area (Å²) in [5.74, 6) is 0. The summed E-state index contributed by atoms with van der Waals surface area (Å²) in [6.07, 6.45) is -3.29. The Hall–Kier alpha value is -0.590. The first kappa shape index (κ1) is 11.9. The minimum absolute atomic E-state index is 0.169. The normalized spacial score (nSPS) is 22.9. The van der Waals surface area contributed by atoms with Crippen LogP contribution in [0, 0.1) is 0 Å². The number of rotatable bonds is 2. The second kappa shape index (κ2) is 4.35. The van der Waals surface area contributed by atoms with Gasteiger partial charge in [0.1, 0.15) is 4.88 Å². The van der Waals surface area contributed by atoms with Crippen LogP contribution in [0.3, 0.4) is 0 Å². The van der Waals surface area contributed by atoms with E-state index in [9.17, 15) is 13.2 Å². The third kappa shape index (κ3) is 2.75. The van der Waals surface area contributed by atoms with Crippen molar-refractivity contribution >= 4 is 11.3 Å². The van der Waals surface area contributed by atoms with Crippen LogP contribution >= 0.6 is 11.3 Å². The number of halogens is 3. The van der Waals surface area contributed by atoms with Crippen molar-refractivity contribution in [3.05, 3.63) is 21.9 Å². The van der Waals surface area contributed by atoms with E-state index >= 15 is 0 Å². The van der Waals surface area contributed by atoms with E-state index in [4.69, 9.17) is 5.73 Å². The molecule has 1 aromatic heterocycles. The van der Waals surface area contributed by atoms with E-state index in [1.54, 1.807) is 6.07 Å². The Bertz CT molecular complexity index is 361. The van der Waals surface area contributed by atoms with Crippen molar-refractivity contribution in [1.82, 2.24) is 4.90 Å². The molecule has 2 N–H and O–H groups in total. The molecule has 0 unspecified atom stereocenters. The topological polar surface area (TPSA) is 29.3 Å². The van der Waals surface area contributed by atoms with Gasteiger partial charge < -0.3 is 5.73 Å². The van der Waals surface area contributed by atoms with Gasteiger partial charge in [-0.2, -0.15) is 13.2 Å². The molecule has 2 heterocycles. The molecule has 0 saturated carbocycles. The van der Waals surface area contributed by atoms with E-state index in [1.165, 1.54) is 0 Å². The lowest BCUT2D eigenvalue weighted by Gasteiger charge is -2.13. The fourth-order valence-electron chi connectivity index (χ4n) is 1.84. The van der Waals surface area contributed by atoms with E-state index in [-0.39, 0.29) is 6.04 Å². The van der Waals surface area contributed by atoms with Crippen molar-refractivity contribution in [2.75, 3.05) is 13.1 Å². The summed E-state index contributed by atoms with van der Waals surface area (Å²) < 4.78 is 37.1. The highest BCUT2D eigenvalue weighted by Crippen LogP contribution is 2.35. The lowest BCUT2D eigenvalue weighted by molar-refractivity contribution is -0.134. The summed E-state index contributed by atoms with van der Waals surface area (Å²) in [5.41, 5.74) is 5.73. The van der Waals surface area contributed by atoms with Gasteiger partial charge in [-0.05, 0) is 18.6 Å². The van der Waals surface area contributed by atoms with Crippen LogP contribution in [-0.2, 0) is 12.7 Å². The maximum atomic E-state index is 12.4. The van der Waals surface area contributed by atoms with E-state index in [2.05, 4.69) is 4.90 Å². The zero-order valence-corrected chi connectivity index (χ0v) is 9.44. The zero-order valence-electron chi connectivity index (χ0n) is 8.63. The summed E-state index contributed by atoms with van der Waals surface area (Å²) in [4.78, 5) is 2.32. The van der Waals surface area contributed by atoms with Crippen molar-refractivity contribution in [1.29, 1.82) is 0 Å². The number of alkyl halides is 3. The molecule has 0 bridgehead atoms. The molecular formula is C10H13F3N2S. The molecule has 90 valence electrons. The number of nitrogens with zero attached hydrogens (tertiary/aromatic N) is 1. The number of nitrogens with two attached hydrogens (primary N) is 1. The van der Waals surface area contributed by atoms with E-state index < -0.39 is 11.1 Å². The Kier molecular flexibility index (Phi) is 3.23. The summed E-state index contributed by atoms with van der Waals surface area (Å²) in [7, 11) is 0. The smallest absolute Gasteiger partial charge is 0.326 e. The van der Waals surface area contributed by atoms with Crippen LogP contribution in [0.5, 0.6) is 0 Å². The van der Waals surface area contributed by atoms with Crippen molar-refractivity contribution < 1.29 is 13.2 Å². The molecule has 6 heteroatoms. The molecule has 1 aliphatic rings. The third-order valence-corrected chi connectivity index (χ3v) is 3.74. The minimum Gasteiger partial charge on any atom is -0.326 e. The van der Waals surface area contributed by atoms with Gasteiger partial charge in [-0.3, -0.25) is 4.90 Å². The average Bonchev–Trinajstić information content (AvgIpc) is 2.74. The standard InChI is InChI=1S/C10H13F3N2S/c11-10(12,13)9-2-1-8(16-9)6-15-4-3-7(14)5-15/h1-2,7H,3-6,14H2/t7-/m1/s1. The van der Waals surface area contributed by atoms with Crippen LogP contribution in [0.25, 0.3) is 0 Å². The molecule has 1 saturated heterocycles. The predicted molar refractivity (Wildman–Crippen MR) is 57.2 cm³/mol. The Morgan fingerprint density at radius 3 is 2.69 bits per heavy atom. The first-order valence-electron chi connectivity index (χ1n) is 5.09. The van der Waals surface area contributed by atoms with Gasteiger partial charge in [-0.15, -0.1) is 11.3 Å². The number of hydrogen-bond donors (Lipinski definition) is 1. The van der Waals surface area contributed by atoms with E-state index in [0.717, 1.165) is 41.8 Å². The van der Waals surface area contributed by atoms with Crippen molar-refractivity contribution in [2.45, 2.75) is 25.2 Å². The lowest BCUT2D eigenvalue weighted by atomic mass is 10.3. The monoisotopic (exact) mass is 250 g/mol. The molecule has 1 fully saturated rings. The molecule has 1 aliphatic heterocycles. The van der Waals surface area contributed by atoms with Gasteiger partial charge in [0.25, 0.3) is 0 Å². The molecule has 0 amide bonds. The number of likely N-dealkylation sites (tertiary alicyclic amines) is 1. The van der Waals surface area contributed by atoms with Crippen LogP contribution in [0.15, 0.2) is 12.1 Å². The zero-order chi connectivity index (χ0) is 11.8. The highest BCUT2D eigenvalue weighted by Gasteiger charge is 2.32. The molecule has 0 radical (unpaired) electrons. The SMILES string of the molecule is N[C@@H]1CCN(Cc2ccc(C(F)(F)F)s2)C1. The molecule has 2 rings (SSSR count). The van der Waals surface area contributed by atoms with E-state index in [0.29, 0.717) is 6.54 Å². The summed E-state index contributed by atoms with van der Waals surface area (Å²) in [5, 5.41) is 0. The fourth-order valence-corrected chi connectivity index (χ4v) is 2.76. The van der Waals surface area contributed by atoms with Gasteiger partial charge in [0.2, 0.25) is 0 Å². The molecule has 0 spiro atoms. The van der Waals surface area contributed by atoms with Gasteiger partial charge in [0.15, 0.2) is 0 Å². The Balaban J connectivity index is 1.98. The number of thiophene rings is 1. The second-order valence-electron chi connectivity index (χ2n) is 4.05. The molecule has 2 nitrogen and oxygen atoms in total. The largest absolute Gasteiger partial charge is 0.425 e. The highest BCUT2D eigenvalue weighted by atomic mass is 32.1. The second-order valence-corrected chi connectivity index (χ2v) is 5.22. The molecule has 1 atom stereocenters. The van der Waals surface area contributed by atoms with Crippen molar-refractivity contribution in [3.63, 3.8) is 0 Å². The maximum Gasteiger partial charge on any atom is 0.425 e. The third-order valence-electron chi connectivity index (χ3n) is 2.63. The molecule has 16 heavy (non-hydrogen) atoms. The van der Waals surface area contributed by atoms with E-state index in [1.807, 2.05) is 0 Å². The first-order valence-corrected chi connectivity index (χ1v) is 5.90. The molecule has 1 aromatic rings. The van der Waals surface area contributed by atoms with Crippen LogP contribution < -0.4 is 5.73 Å².